The lowest BCUT2D eigenvalue weighted by Gasteiger charge is -2.28. The van der Waals surface area contributed by atoms with Crippen LogP contribution in [0.2, 0.25) is 6.04 Å². The monoisotopic (exact) mass is 457 g/mol. The lowest BCUT2D eigenvalue weighted by Crippen LogP contribution is -2.45. The molecular weight excluding hydrogens is 406 g/mol. The van der Waals surface area contributed by atoms with Crippen molar-refractivity contribution < 1.29 is 18.1 Å². The van der Waals surface area contributed by atoms with Crippen LogP contribution in [0.4, 0.5) is 0 Å². The summed E-state index contributed by atoms with van der Waals surface area (Å²) in [5.41, 5.74) is 0. The summed E-state index contributed by atoms with van der Waals surface area (Å²) in [5.74, 6) is 0. The van der Waals surface area contributed by atoms with Gasteiger partial charge in [0.15, 0.2) is 0 Å². The predicted octanol–water partition coefficient (Wildman–Crippen LogP) is 7.61. The molecular formula is C25H51NO4Si. The van der Waals surface area contributed by atoms with Crippen molar-refractivity contribution in [3.05, 3.63) is 0 Å². The summed E-state index contributed by atoms with van der Waals surface area (Å²) in [5, 5.41) is 0. The highest BCUT2D eigenvalue weighted by Crippen LogP contribution is 2.21. The maximum Gasteiger partial charge on any atom is 0.500 e. The standard InChI is InChI=1S/C25H51NO4Si/c1-4-28-31(29-5-2,30-6-3)24-22-20-18-16-14-12-10-8-7-9-11-13-15-17-19-21-23-26-25-27/h4-24H2,1-3H3. The molecule has 0 N–H and O–H groups in total. The molecule has 0 saturated heterocycles. The van der Waals surface area contributed by atoms with Gasteiger partial charge in [0.05, 0.1) is 6.54 Å². The maximum atomic E-state index is 9.96. The van der Waals surface area contributed by atoms with Crippen LogP contribution in [0.25, 0.3) is 0 Å². The van der Waals surface area contributed by atoms with E-state index in [1.54, 1.807) is 6.08 Å². The molecule has 0 radical (unpaired) electrons. The average Bonchev–Trinajstić information content (AvgIpc) is 2.76. The van der Waals surface area contributed by atoms with Crippen LogP contribution in [0.5, 0.6) is 0 Å². The summed E-state index contributed by atoms with van der Waals surface area (Å²) in [6.45, 7) is 8.75. The summed E-state index contributed by atoms with van der Waals surface area (Å²) in [4.78, 5) is 13.5. The number of hydrogen-bond acceptors (Lipinski definition) is 5. The van der Waals surface area contributed by atoms with Gasteiger partial charge < -0.3 is 13.3 Å². The minimum Gasteiger partial charge on any atom is -0.374 e. The first-order chi connectivity index (χ1) is 15.2. The third-order valence-corrected chi connectivity index (χ3v) is 8.81. The molecule has 0 aliphatic carbocycles. The third-order valence-electron chi connectivity index (χ3n) is 5.66. The van der Waals surface area contributed by atoms with Crippen LogP contribution in [-0.4, -0.2) is 41.2 Å². The highest BCUT2D eigenvalue weighted by molar-refractivity contribution is 6.60. The van der Waals surface area contributed by atoms with E-state index < -0.39 is 8.80 Å². The predicted molar refractivity (Wildman–Crippen MR) is 132 cm³/mol. The Hall–Kier alpha value is -0.523. The van der Waals surface area contributed by atoms with Crippen molar-refractivity contribution in [2.75, 3.05) is 26.4 Å². The van der Waals surface area contributed by atoms with Crippen LogP contribution < -0.4 is 0 Å². The Kier molecular flexibility index (Phi) is 23.7. The van der Waals surface area contributed by atoms with Crippen molar-refractivity contribution >= 4 is 14.9 Å². The van der Waals surface area contributed by atoms with Crippen LogP contribution in [0.3, 0.4) is 0 Å². The molecule has 0 amide bonds. The number of nitrogens with zero attached hydrogens (tertiary/aromatic N) is 1. The summed E-state index contributed by atoms with van der Waals surface area (Å²) in [7, 11) is -2.42. The van der Waals surface area contributed by atoms with Crippen LogP contribution in [0.15, 0.2) is 4.99 Å². The van der Waals surface area contributed by atoms with Crippen molar-refractivity contribution in [2.24, 2.45) is 4.99 Å². The zero-order chi connectivity index (χ0) is 22.9. The first-order valence-electron chi connectivity index (χ1n) is 13.2. The van der Waals surface area contributed by atoms with Crippen molar-refractivity contribution in [1.82, 2.24) is 0 Å². The van der Waals surface area contributed by atoms with E-state index in [1.807, 2.05) is 20.8 Å². The Morgan fingerprint density at radius 1 is 0.548 bits per heavy atom. The molecule has 0 aliphatic rings. The molecule has 0 unspecified atom stereocenters. The van der Waals surface area contributed by atoms with Crippen LogP contribution in [0.1, 0.15) is 124 Å². The minimum atomic E-state index is -2.42. The van der Waals surface area contributed by atoms with Crippen molar-refractivity contribution in [3.8, 4) is 0 Å². The van der Waals surface area contributed by atoms with E-state index in [9.17, 15) is 4.79 Å². The van der Waals surface area contributed by atoms with E-state index in [1.165, 1.54) is 89.9 Å². The van der Waals surface area contributed by atoms with Gasteiger partial charge in [-0.05, 0) is 33.6 Å². The fourth-order valence-electron chi connectivity index (χ4n) is 4.05. The second-order valence-electron chi connectivity index (χ2n) is 8.36. The number of carbonyl (C=O) groups excluding carboxylic acids is 1. The van der Waals surface area contributed by atoms with E-state index in [0.717, 1.165) is 18.9 Å². The third kappa shape index (κ3) is 19.9. The number of isocyanates is 1. The second kappa shape index (κ2) is 24.1. The molecule has 0 bridgehead atoms. The zero-order valence-electron chi connectivity index (χ0n) is 20.9. The van der Waals surface area contributed by atoms with Gasteiger partial charge in [0.2, 0.25) is 6.08 Å². The molecule has 6 heteroatoms. The van der Waals surface area contributed by atoms with Gasteiger partial charge in [0.25, 0.3) is 0 Å². The molecule has 0 atom stereocenters. The smallest absolute Gasteiger partial charge is 0.374 e. The molecule has 0 fully saturated rings. The number of unbranched alkanes of at least 4 members (excludes halogenated alkanes) is 15. The SMILES string of the molecule is CCO[Si](CCCCCCCCCCCCCCCCCCN=C=O)(OCC)OCC. The molecule has 31 heavy (non-hydrogen) atoms. The fourth-order valence-corrected chi connectivity index (χ4v) is 6.74. The van der Waals surface area contributed by atoms with E-state index in [-0.39, 0.29) is 0 Å². The molecule has 0 aliphatic heterocycles. The Morgan fingerprint density at radius 2 is 0.871 bits per heavy atom. The molecule has 0 aromatic heterocycles. The molecule has 0 aromatic rings. The van der Waals surface area contributed by atoms with Crippen LogP contribution >= 0.6 is 0 Å². The Morgan fingerprint density at radius 3 is 1.19 bits per heavy atom. The second-order valence-corrected chi connectivity index (χ2v) is 11.1. The lowest BCUT2D eigenvalue weighted by atomic mass is 10.0. The Bertz CT molecular complexity index is 399. The molecule has 0 rings (SSSR count). The average molecular weight is 458 g/mol. The Balaban J connectivity index is 3.41. The Labute approximate surface area is 194 Å². The molecule has 0 heterocycles. The van der Waals surface area contributed by atoms with Gasteiger partial charge in [-0.15, -0.1) is 0 Å². The summed E-state index contributed by atoms with van der Waals surface area (Å²) >= 11 is 0. The van der Waals surface area contributed by atoms with Gasteiger partial charge in [-0.3, -0.25) is 0 Å². The van der Waals surface area contributed by atoms with Crippen molar-refractivity contribution in [3.63, 3.8) is 0 Å². The molecule has 5 nitrogen and oxygen atoms in total. The molecule has 0 spiro atoms. The summed E-state index contributed by atoms with van der Waals surface area (Å²) in [6.07, 6.45) is 22.6. The van der Waals surface area contributed by atoms with E-state index in [4.69, 9.17) is 13.3 Å². The van der Waals surface area contributed by atoms with Gasteiger partial charge in [-0.25, -0.2) is 9.79 Å². The highest BCUT2D eigenvalue weighted by Gasteiger charge is 2.39. The van der Waals surface area contributed by atoms with Gasteiger partial charge in [-0.2, -0.15) is 0 Å². The molecule has 0 aromatic carbocycles. The number of rotatable bonds is 25. The number of aliphatic imine (C=N–C) groups is 1. The lowest BCUT2D eigenvalue weighted by molar-refractivity contribution is 0.0706. The van der Waals surface area contributed by atoms with E-state index in [0.29, 0.717) is 26.4 Å². The quantitative estimate of drug-likeness (QED) is 0.0612. The summed E-state index contributed by atoms with van der Waals surface area (Å²) < 4.78 is 17.8. The topological polar surface area (TPSA) is 57.1 Å². The summed E-state index contributed by atoms with van der Waals surface area (Å²) in [6, 6.07) is 0.956. The first-order valence-corrected chi connectivity index (χ1v) is 15.1. The largest absolute Gasteiger partial charge is 0.500 e. The van der Waals surface area contributed by atoms with E-state index in [2.05, 4.69) is 4.99 Å². The molecule has 0 saturated carbocycles. The first kappa shape index (κ1) is 30.5. The van der Waals surface area contributed by atoms with Gasteiger partial charge in [0, 0.05) is 25.9 Å². The maximum absolute atomic E-state index is 9.96. The van der Waals surface area contributed by atoms with Crippen LogP contribution in [-0.2, 0) is 18.1 Å². The molecule has 184 valence electrons. The van der Waals surface area contributed by atoms with Gasteiger partial charge in [-0.1, -0.05) is 89.9 Å². The van der Waals surface area contributed by atoms with Gasteiger partial charge >= 0.3 is 8.80 Å². The number of hydrogen-bond donors (Lipinski definition) is 0. The van der Waals surface area contributed by atoms with Crippen molar-refractivity contribution in [1.29, 1.82) is 0 Å². The highest BCUT2D eigenvalue weighted by atomic mass is 28.4. The fraction of sp³-hybridized carbons (Fsp3) is 0.960. The van der Waals surface area contributed by atoms with Crippen LogP contribution in [0, 0.1) is 0 Å². The zero-order valence-corrected chi connectivity index (χ0v) is 21.9. The van der Waals surface area contributed by atoms with Crippen molar-refractivity contribution in [2.45, 2.75) is 130 Å². The van der Waals surface area contributed by atoms with E-state index >= 15 is 0 Å². The normalized spacial score (nSPS) is 11.6. The minimum absolute atomic E-state index is 0.654. The van der Waals surface area contributed by atoms with Gasteiger partial charge in [0.1, 0.15) is 0 Å².